The van der Waals surface area contributed by atoms with Gasteiger partial charge in [0.1, 0.15) is 11.2 Å². The van der Waals surface area contributed by atoms with Gasteiger partial charge in [-0.25, -0.2) is 15.0 Å². The van der Waals surface area contributed by atoms with Gasteiger partial charge in [0.05, 0.1) is 0 Å². The maximum absolute atomic E-state index is 6.20. The fourth-order valence-electron chi connectivity index (χ4n) is 8.83. The Bertz CT molecular complexity index is 3670. The summed E-state index contributed by atoms with van der Waals surface area (Å²) in [6, 6.07) is 79.0. The van der Waals surface area contributed by atoms with Gasteiger partial charge in [0, 0.05) is 27.5 Å². The average Bonchev–Trinajstić information content (AvgIpc) is 3.75. The molecule has 12 aromatic rings. The number of hydrogen-bond acceptors (Lipinski definition) is 4. The molecular weight excluding hydrogens is 767 g/mol. The Hall–Kier alpha value is -8.47. The third kappa shape index (κ3) is 6.80. The van der Waals surface area contributed by atoms with E-state index in [2.05, 4.69) is 200 Å². The second-order valence-electron chi connectivity index (χ2n) is 16.0. The molecule has 0 saturated heterocycles. The molecule has 0 N–H and O–H groups in total. The standard InChI is InChI=1S/C59H37N3O/c1-2-10-38(11-3-1)40-20-25-42(26-21-40)57-60-58(43-27-22-41(23-28-43)46-29-24-39-12-4-5-13-44(39)34-46)62-59(61-57)51-15-8-14-45(37-51)47-30-31-49-36-50(33-32-48(49)35-47)52-17-9-19-55-56(52)53-16-6-7-18-54(53)63-55/h1-37H. The van der Waals surface area contributed by atoms with E-state index in [1.165, 1.54) is 38.2 Å². The molecular formula is C59H37N3O. The second kappa shape index (κ2) is 15.2. The lowest BCUT2D eigenvalue weighted by Gasteiger charge is -2.11. The molecule has 4 nitrogen and oxygen atoms in total. The van der Waals surface area contributed by atoms with Crippen molar-refractivity contribution in [1.29, 1.82) is 0 Å². The summed E-state index contributed by atoms with van der Waals surface area (Å²) in [5.41, 5.74) is 13.7. The van der Waals surface area contributed by atoms with Gasteiger partial charge >= 0.3 is 0 Å². The van der Waals surface area contributed by atoms with Crippen LogP contribution in [0.3, 0.4) is 0 Å². The van der Waals surface area contributed by atoms with Crippen molar-refractivity contribution in [3.8, 4) is 78.7 Å². The van der Waals surface area contributed by atoms with Crippen LogP contribution in [0.1, 0.15) is 0 Å². The van der Waals surface area contributed by atoms with Crippen LogP contribution in [0.5, 0.6) is 0 Å². The second-order valence-corrected chi connectivity index (χ2v) is 16.0. The van der Waals surface area contributed by atoms with E-state index in [1.807, 2.05) is 24.3 Å². The fourth-order valence-corrected chi connectivity index (χ4v) is 8.83. The summed E-state index contributed by atoms with van der Waals surface area (Å²) in [7, 11) is 0. The third-order valence-electron chi connectivity index (χ3n) is 12.1. The van der Waals surface area contributed by atoms with Crippen molar-refractivity contribution < 1.29 is 4.42 Å². The predicted molar refractivity (Wildman–Crippen MR) is 260 cm³/mol. The summed E-state index contributed by atoms with van der Waals surface area (Å²) in [6.45, 7) is 0. The highest BCUT2D eigenvalue weighted by atomic mass is 16.3. The molecule has 0 bridgehead atoms. The van der Waals surface area contributed by atoms with Crippen LogP contribution in [0.25, 0.3) is 122 Å². The van der Waals surface area contributed by atoms with Crippen LogP contribution in [-0.4, -0.2) is 15.0 Å². The molecule has 2 heterocycles. The molecule has 0 spiro atoms. The molecule has 63 heavy (non-hydrogen) atoms. The van der Waals surface area contributed by atoms with E-state index in [-0.39, 0.29) is 0 Å². The van der Waals surface area contributed by atoms with Crippen molar-refractivity contribution >= 4 is 43.5 Å². The molecule has 0 radical (unpaired) electrons. The quantitative estimate of drug-likeness (QED) is 0.161. The number of aromatic nitrogens is 3. The zero-order chi connectivity index (χ0) is 41.7. The van der Waals surface area contributed by atoms with Crippen molar-refractivity contribution in [2.24, 2.45) is 0 Å². The van der Waals surface area contributed by atoms with Crippen LogP contribution in [0.15, 0.2) is 229 Å². The van der Waals surface area contributed by atoms with Crippen LogP contribution in [0.2, 0.25) is 0 Å². The minimum atomic E-state index is 0.619. The van der Waals surface area contributed by atoms with Crippen molar-refractivity contribution in [1.82, 2.24) is 15.0 Å². The van der Waals surface area contributed by atoms with Gasteiger partial charge in [0.25, 0.3) is 0 Å². The Balaban J connectivity index is 0.906. The molecule has 0 unspecified atom stereocenters. The van der Waals surface area contributed by atoms with Crippen LogP contribution in [-0.2, 0) is 0 Å². The fraction of sp³-hybridized carbons (Fsp3) is 0. The Morgan fingerprint density at radius 3 is 1.41 bits per heavy atom. The normalized spacial score (nSPS) is 11.5. The van der Waals surface area contributed by atoms with E-state index in [0.717, 1.165) is 66.4 Å². The highest BCUT2D eigenvalue weighted by molar-refractivity contribution is 6.13. The van der Waals surface area contributed by atoms with Crippen molar-refractivity contribution in [2.75, 3.05) is 0 Å². The van der Waals surface area contributed by atoms with Crippen molar-refractivity contribution in [3.63, 3.8) is 0 Å². The molecule has 0 atom stereocenters. The predicted octanol–water partition coefficient (Wildman–Crippen LogP) is 15.7. The summed E-state index contributed by atoms with van der Waals surface area (Å²) in [5, 5.41) is 7.07. The third-order valence-corrected chi connectivity index (χ3v) is 12.1. The molecule has 0 amide bonds. The lowest BCUT2D eigenvalue weighted by Crippen LogP contribution is -2.00. The van der Waals surface area contributed by atoms with E-state index in [0.29, 0.717) is 17.5 Å². The minimum absolute atomic E-state index is 0.619. The summed E-state index contributed by atoms with van der Waals surface area (Å²) in [5.74, 6) is 1.87. The Kier molecular flexibility index (Phi) is 8.79. The van der Waals surface area contributed by atoms with Crippen LogP contribution >= 0.6 is 0 Å². The van der Waals surface area contributed by atoms with Crippen LogP contribution in [0, 0.1) is 0 Å². The highest BCUT2D eigenvalue weighted by Gasteiger charge is 2.16. The molecule has 0 aliphatic rings. The van der Waals surface area contributed by atoms with Gasteiger partial charge in [0.15, 0.2) is 17.5 Å². The van der Waals surface area contributed by atoms with Gasteiger partial charge in [-0.3, -0.25) is 0 Å². The number of para-hydroxylation sites is 1. The van der Waals surface area contributed by atoms with E-state index in [9.17, 15) is 0 Å². The summed E-state index contributed by atoms with van der Waals surface area (Å²) < 4.78 is 6.20. The first kappa shape index (κ1) is 36.4. The largest absolute Gasteiger partial charge is 0.456 e. The van der Waals surface area contributed by atoms with E-state index < -0.39 is 0 Å². The zero-order valence-corrected chi connectivity index (χ0v) is 34.1. The van der Waals surface area contributed by atoms with E-state index >= 15 is 0 Å². The van der Waals surface area contributed by atoms with Crippen LogP contribution < -0.4 is 0 Å². The van der Waals surface area contributed by atoms with Crippen LogP contribution in [0.4, 0.5) is 0 Å². The zero-order valence-electron chi connectivity index (χ0n) is 34.1. The smallest absolute Gasteiger partial charge is 0.164 e. The first-order chi connectivity index (χ1) is 31.2. The summed E-state index contributed by atoms with van der Waals surface area (Å²) >= 11 is 0. The number of nitrogens with zero attached hydrogens (tertiary/aromatic N) is 3. The van der Waals surface area contributed by atoms with Gasteiger partial charge < -0.3 is 4.42 Å². The van der Waals surface area contributed by atoms with Gasteiger partial charge in [-0.05, 0) is 102 Å². The Morgan fingerprint density at radius 1 is 0.254 bits per heavy atom. The number of rotatable bonds is 7. The summed E-state index contributed by atoms with van der Waals surface area (Å²) in [6.07, 6.45) is 0. The monoisotopic (exact) mass is 803 g/mol. The minimum Gasteiger partial charge on any atom is -0.456 e. The molecule has 10 aromatic carbocycles. The molecule has 0 aliphatic carbocycles. The van der Waals surface area contributed by atoms with Gasteiger partial charge in [-0.1, -0.05) is 188 Å². The topological polar surface area (TPSA) is 51.8 Å². The van der Waals surface area contributed by atoms with Crippen molar-refractivity contribution in [3.05, 3.63) is 224 Å². The highest BCUT2D eigenvalue weighted by Crippen LogP contribution is 2.38. The SMILES string of the molecule is c1ccc(-c2ccc(-c3nc(-c4ccc(-c5ccc6ccccc6c5)cc4)nc(-c4cccc(-c5ccc6cc(-c7cccc8oc9ccccc9c78)ccc6c5)c4)n3)cc2)cc1. The number of fused-ring (bicyclic) bond motifs is 5. The number of hydrogen-bond donors (Lipinski definition) is 0. The van der Waals surface area contributed by atoms with Gasteiger partial charge in [0.2, 0.25) is 0 Å². The molecule has 2 aromatic heterocycles. The van der Waals surface area contributed by atoms with Gasteiger partial charge in [-0.2, -0.15) is 0 Å². The first-order valence-corrected chi connectivity index (χ1v) is 21.2. The van der Waals surface area contributed by atoms with E-state index in [4.69, 9.17) is 19.4 Å². The Labute approximate surface area is 364 Å². The maximum Gasteiger partial charge on any atom is 0.164 e. The molecule has 294 valence electrons. The molecule has 0 aliphatic heterocycles. The average molecular weight is 804 g/mol. The molecule has 4 heteroatoms. The lowest BCUT2D eigenvalue weighted by atomic mass is 9.95. The number of furan rings is 1. The van der Waals surface area contributed by atoms with Gasteiger partial charge in [-0.15, -0.1) is 0 Å². The Morgan fingerprint density at radius 2 is 0.683 bits per heavy atom. The number of benzene rings is 10. The molecule has 0 fully saturated rings. The first-order valence-electron chi connectivity index (χ1n) is 21.2. The van der Waals surface area contributed by atoms with E-state index in [1.54, 1.807) is 0 Å². The molecule has 12 rings (SSSR count). The maximum atomic E-state index is 6.20. The summed E-state index contributed by atoms with van der Waals surface area (Å²) in [4.78, 5) is 15.4. The van der Waals surface area contributed by atoms with Crippen molar-refractivity contribution in [2.45, 2.75) is 0 Å². The molecule has 0 saturated carbocycles. The lowest BCUT2D eigenvalue weighted by molar-refractivity contribution is 0.669.